The number of benzene rings is 1. The summed E-state index contributed by atoms with van der Waals surface area (Å²) >= 11 is 0. The van der Waals surface area contributed by atoms with Crippen molar-refractivity contribution < 1.29 is 14.4 Å². The number of nitrogens with two attached hydrogens (primary N) is 2. The van der Waals surface area contributed by atoms with Gasteiger partial charge in [0.15, 0.2) is 11.5 Å². The van der Waals surface area contributed by atoms with Gasteiger partial charge in [-0.15, -0.1) is 0 Å². The smallest absolute Gasteiger partial charge is 0.271 e. The van der Waals surface area contributed by atoms with Gasteiger partial charge in [0.1, 0.15) is 11.5 Å². The zero-order valence-electron chi connectivity index (χ0n) is 25.2. The number of aromatic nitrogens is 3. The van der Waals surface area contributed by atoms with Crippen molar-refractivity contribution in [2.24, 2.45) is 23.9 Å². The lowest BCUT2D eigenvalue weighted by Crippen LogP contribution is -2.54. The molecular weight excluding hydrogens is 544 g/mol. The lowest BCUT2D eigenvalue weighted by Gasteiger charge is -2.40. The van der Waals surface area contributed by atoms with Crippen LogP contribution in [-0.2, 0) is 30.1 Å². The highest BCUT2D eigenvalue weighted by Gasteiger charge is 2.49. The first-order chi connectivity index (χ1) is 20.4. The van der Waals surface area contributed by atoms with Crippen LogP contribution >= 0.6 is 0 Å². The second-order valence-electron chi connectivity index (χ2n) is 13.2. The third-order valence-corrected chi connectivity index (χ3v) is 9.51. The second kappa shape index (κ2) is 10.4. The number of hydrogen-bond acceptors (Lipinski definition) is 7. The molecule has 43 heavy (non-hydrogen) atoms. The van der Waals surface area contributed by atoms with Gasteiger partial charge >= 0.3 is 0 Å². The van der Waals surface area contributed by atoms with Crippen LogP contribution < -0.4 is 27.0 Å². The van der Waals surface area contributed by atoms with E-state index < -0.39 is 11.3 Å². The van der Waals surface area contributed by atoms with Gasteiger partial charge in [-0.2, -0.15) is 0 Å². The number of hydrogen-bond donors (Lipinski definition) is 4. The van der Waals surface area contributed by atoms with E-state index in [0.29, 0.717) is 17.2 Å². The molecule has 3 heterocycles. The number of fused-ring (bicyclic) bond motifs is 1. The van der Waals surface area contributed by atoms with Gasteiger partial charge in [0.05, 0.1) is 11.6 Å². The molecule has 0 unspecified atom stereocenters. The van der Waals surface area contributed by atoms with E-state index in [1.54, 1.807) is 6.20 Å². The highest BCUT2D eigenvalue weighted by molar-refractivity contribution is 5.96. The van der Waals surface area contributed by atoms with Crippen LogP contribution in [0.1, 0.15) is 84.3 Å². The monoisotopic (exact) mass is 584 g/mol. The van der Waals surface area contributed by atoms with Gasteiger partial charge in [0.2, 0.25) is 5.91 Å². The number of rotatable bonds is 8. The summed E-state index contributed by atoms with van der Waals surface area (Å²) in [5, 5.41) is 6.46. The first-order valence-electron chi connectivity index (χ1n) is 15.0. The highest BCUT2D eigenvalue weighted by atomic mass is 16.2. The van der Waals surface area contributed by atoms with Crippen LogP contribution in [0.3, 0.4) is 0 Å². The molecule has 1 saturated carbocycles. The summed E-state index contributed by atoms with van der Waals surface area (Å²) < 4.78 is 2.04. The molecule has 11 nitrogen and oxygen atoms in total. The van der Waals surface area contributed by atoms with Gasteiger partial charge in [-0.05, 0) is 80.2 Å². The zero-order valence-corrected chi connectivity index (χ0v) is 25.2. The molecule has 2 aromatic heterocycles. The minimum absolute atomic E-state index is 0.0260. The number of carbonyl (C=O) groups excluding carboxylic acids is 3. The summed E-state index contributed by atoms with van der Waals surface area (Å²) in [5.74, 6) is -0.254. The maximum absolute atomic E-state index is 13.4. The van der Waals surface area contributed by atoms with Crippen LogP contribution in [-0.4, -0.2) is 50.9 Å². The predicted octanol–water partition coefficient (Wildman–Crippen LogP) is 3.09. The number of amides is 3. The number of nitrogens with one attached hydrogen (secondary N) is 2. The quantitative estimate of drug-likeness (QED) is 0.316. The Balaban J connectivity index is 1.19. The molecule has 3 aromatic rings. The Morgan fingerprint density at radius 3 is 2.42 bits per heavy atom. The predicted molar refractivity (Wildman–Crippen MR) is 164 cm³/mol. The van der Waals surface area contributed by atoms with Gasteiger partial charge in [0, 0.05) is 37.1 Å². The van der Waals surface area contributed by atoms with Crippen molar-refractivity contribution in [2.75, 3.05) is 16.8 Å². The highest BCUT2D eigenvalue weighted by Crippen LogP contribution is 2.48. The van der Waals surface area contributed by atoms with Crippen molar-refractivity contribution in [1.82, 2.24) is 19.9 Å². The lowest BCUT2D eigenvalue weighted by atomic mass is 9.90. The number of carbonyl (C=O) groups is 3. The van der Waals surface area contributed by atoms with Gasteiger partial charge in [-0.1, -0.05) is 26.0 Å². The van der Waals surface area contributed by atoms with Crippen molar-refractivity contribution in [2.45, 2.75) is 76.8 Å². The van der Waals surface area contributed by atoms with E-state index in [0.717, 1.165) is 50.6 Å². The summed E-state index contributed by atoms with van der Waals surface area (Å²) in [6.45, 7) is 7.32. The summed E-state index contributed by atoms with van der Waals surface area (Å²) in [7, 11) is 1.98. The van der Waals surface area contributed by atoms with E-state index in [4.69, 9.17) is 16.5 Å². The molecule has 1 aromatic carbocycles. The minimum Gasteiger partial charge on any atom is -0.369 e. The van der Waals surface area contributed by atoms with Crippen LogP contribution in [0.25, 0.3) is 0 Å². The van der Waals surface area contributed by atoms with E-state index >= 15 is 0 Å². The fraction of sp³-hybridized carbons (Fsp3) is 0.469. The Hall–Kier alpha value is -4.41. The average molecular weight is 585 g/mol. The third kappa shape index (κ3) is 5.21. The van der Waals surface area contributed by atoms with Crippen LogP contribution in [0.4, 0.5) is 17.3 Å². The molecule has 3 amide bonds. The molecule has 226 valence electrons. The van der Waals surface area contributed by atoms with Gasteiger partial charge in [-0.25, -0.2) is 9.97 Å². The van der Waals surface area contributed by atoms with E-state index in [9.17, 15) is 14.4 Å². The zero-order chi connectivity index (χ0) is 30.7. The average Bonchev–Trinajstić information content (AvgIpc) is 3.64. The Morgan fingerprint density at radius 1 is 1.07 bits per heavy atom. The molecule has 6 N–H and O–H groups in total. The molecule has 2 atom stereocenters. The first kappa shape index (κ1) is 28.7. The molecule has 0 radical (unpaired) electrons. The standard InChI is InChI=1S/C32H40N8O3/c1-18-22(37-29(42)23-14-19-15-31(2,3)16-24(19)39(23)4)6-5-13-40(18)25-17-35-26(27(33)41)28(38-25)36-21-9-7-20(8-10-21)32(11-12-32)30(34)43/h7-10,14,17-18,22H,5-6,11-13,15-16H2,1-4H3,(H2,33,41)(H2,34,43)(H,36,38)(H,37,42)/t18-,22-/m1/s1. The number of nitrogens with zero attached hydrogens (tertiary/aromatic N) is 4. The molecule has 1 saturated heterocycles. The second-order valence-corrected chi connectivity index (χ2v) is 13.2. The lowest BCUT2D eigenvalue weighted by molar-refractivity contribution is -0.120. The summed E-state index contributed by atoms with van der Waals surface area (Å²) in [4.78, 5) is 48.8. The maximum atomic E-state index is 13.4. The maximum Gasteiger partial charge on any atom is 0.271 e. The van der Waals surface area contributed by atoms with Gasteiger partial charge in [0.25, 0.3) is 11.8 Å². The summed E-state index contributed by atoms with van der Waals surface area (Å²) in [6, 6.07) is 9.27. The number of primary amides is 2. The molecule has 0 bridgehead atoms. The molecule has 6 rings (SSSR count). The van der Waals surface area contributed by atoms with E-state index in [1.165, 1.54) is 11.3 Å². The molecule has 0 spiro atoms. The molecule has 2 fully saturated rings. The summed E-state index contributed by atoms with van der Waals surface area (Å²) in [6.07, 6.45) is 6.70. The molecule has 1 aliphatic heterocycles. The first-order valence-corrected chi connectivity index (χ1v) is 15.0. The Bertz CT molecular complexity index is 1610. The normalized spacial score (nSPS) is 21.6. The van der Waals surface area contributed by atoms with Crippen LogP contribution in [0.15, 0.2) is 36.5 Å². The van der Waals surface area contributed by atoms with E-state index in [-0.39, 0.29) is 40.8 Å². The van der Waals surface area contributed by atoms with Crippen molar-refractivity contribution in [3.8, 4) is 0 Å². The molecular formula is C32H40N8O3. The minimum atomic E-state index is -0.696. The van der Waals surface area contributed by atoms with Gasteiger partial charge < -0.3 is 31.6 Å². The van der Waals surface area contributed by atoms with Gasteiger partial charge in [-0.3, -0.25) is 14.4 Å². The number of anilines is 3. The Morgan fingerprint density at radius 2 is 1.79 bits per heavy atom. The largest absolute Gasteiger partial charge is 0.369 e. The molecule has 2 aliphatic carbocycles. The van der Waals surface area contributed by atoms with Crippen LogP contribution in [0.5, 0.6) is 0 Å². The molecule has 3 aliphatic rings. The van der Waals surface area contributed by atoms with Crippen LogP contribution in [0, 0.1) is 5.41 Å². The Labute approximate surface area is 251 Å². The third-order valence-electron chi connectivity index (χ3n) is 9.51. The summed E-state index contributed by atoms with van der Waals surface area (Å²) in [5.41, 5.74) is 15.7. The van der Waals surface area contributed by atoms with Crippen molar-refractivity contribution in [1.29, 1.82) is 0 Å². The molecule has 11 heteroatoms. The van der Waals surface area contributed by atoms with Crippen LogP contribution in [0.2, 0.25) is 0 Å². The SMILES string of the molecule is C[C@@H]1[C@H](NC(=O)c2cc3c(n2C)CC(C)(C)C3)CCCN1c1cnc(C(N)=O)c(Nc2ccc(C3(C(N)=O)CC3)cc2)n1. The number of piperidine rings is 1. The van der Waals surface area contributed by atoms with Crippen molar-refractivity contribution in [3.05, 3.63) is 64.7 Å². The fourth-order valence-electron chi connectivity index (χ4n) is 6.84. The fourth-order valence-corrected chi connectivity index (χ4v) is 6.84. The topological polar surface area (TPSA) is 161 Å². The Kier molecular flexibility index (Phi) is 6.94. The van der Waals surface area contributed by atoms with E-state index in [2.05, 4.69) is 41.3 Å². The van der Waals surface area contributed by atoms with Crippen molar-refractivity contribution >= 4 is 35.0 Å². The van der Waals surface area contributed by atoms with E-state index in [1.807, 2.05) is 41.9 Å². The van der Waals surface area contributed by atoms with Crippen molar-refractivity contribution in [3.63, 3.8) is 0 Å².